The van der Waals surface area contributed by atoms with Crippen LogP contribution in [-0.4, -0.2) is 21.4 Å². The summed E-state index contributed by atoms with van der Waals surface area (Å²) in [6, 6.07) is 3.63. The monoisotopic (exact) mass is 295 g/mol. The van der Waals surface area contributed by atoms with Crippen LogP contribution in [0.4, 0.5) is 4.39 Å². The van der Waals surface area contributed by atoms with E-state index in [0.29, 0.717) is 23.3 Å². The van der Waals surface area contributed by atoms with Crippen LogP contribution in [-0.2, 0) is 15.5 Å². The maximum absolute atomic E-state index is 13.2. The summed E-state index contributed by atoms with van der Waals surface area (Å²) in [6.45, 7) is 0. The second-order valence-corrected chi connectivity index (χ2v) is 4.90. The van der Waals surface area contributed by atoms with Gasteiger partial charge in [0.05, 0.1) is 16.9 Å². The van der Waals surface area contributed by atoms with Crippen LogP contribution in [0.3, 0.4) is 0 Å². The molecule has 1 atom stereocenters. The summed E-state index contributed by atoms with van der Waals surface area (Å²) in [7, 11) is 0. The summed E-state index contributed by atoms with van der Waals surface area (Å²) in [5, 5.41) is 2.30. The predicted molar refractivity (Wildman–Crippen MR) is 70.7 cm³/mol. The third kappa shape index (κ3) is 2.06. The first-order valence-corrected chi connectivity index (χ1v) is 6.69. The van der Waals surface area contributed by atoms with Crippen molar-refractivity contribution in [2.24, 2.45) is 0 Å². The Hall–Kier alpha value is -1.95. The smallest absolute Gasteiger partial charge is 0.249 e. The number of imide groups is 1. The number of carbonyl (C=O) groups is 2. The number of benzene rings is 1. The van der Waals surface area contributed by atoms with Gasteiger partial charge in [0.15, 0.2) is 0 Å². The summed E-state index contributed by atoms with van der Waals surface area (Å²) in [6.07, 6.45) is 0.649. The molecule has 2 heterocycles. The second kappa shape index (κ2) is 4.86. The molecule has 2 aromatic rings. The Morgan fingerprint density at radius 3 is 2.95 bits per heavy atom. The van der Waals surface area contributed by atoms with Crippen LogP contribution in [0.5, 0.6) is 0 Å². The van der Waals surface area contributed by atoms with Gasteiger partial charge in [-0.1, -0.05) is 0 Å². The molecule has 3 rings (SSSR count). The number of fused-ring (bicyclic) bond motifs is 1. The fraction of sp³-hybridized carbons (Fsp3) is 0.308. The Kier molecular flexibility index (Phi) is 3.17. The summed E-state index contributed by atoms with van der Waals surface area (Å²) in [5.74, 6) is -0.465. The van der Waals surface area contributed by atoms with Gasteiger partial charge in [-0.15, -0.1) is 11.6 Å². The first-order chi connectivity index (χ1) is 9.60. The van der Waals surface area contributed by atoms with Crippen molar-refractivity contribution in [1.82, 2.24) is 14.9 Å². The summed E-state index contributed by atoms with van der Waals surface area (Å²) in [5.41, 5.74) is 1.09. The molecule has 1 saturated heterocycles. The Bertz CT molecular complexity index is 713. The van der Waals surface area contributed by atoms with Crippen molar-refractivity contribution in [3.63, 3.8) is 0 Å². The number of hydrogen-bond acceptors (Lipinski definition) is 3. The third-order valence-electron chi connectivity index (χ3n) is 3.37. The van der Waals surface area contributed by atoms with Crippen LogP contribution in [0.15, 0.2) is 18.2 Å². The van der Waals surface area contributed by atoms with Gasteiger partial charge in [0.1, 0.15) is 17.7 Å². The zero-order valence-corrected chi connectivity index (χ0v) is 11.2. The van der Waals surface area contributed by atoms with Crippen LogP contribution < -0.4 is 5.32 Å². The van der Waals surface area contributed by atoms with Gasteiger partial charge in [0.2, 0.25) is 11.8 Å². The molecule has 0 radical (unpaired) electrons. The zero-order valence-electron chi connectivity index (χ0n) is 10.4. The quantitative estimate of drug-likeness (QED) is 0.680. The molecule has 20 heavy (non-hydrogen) atoms. The number of piperidine rings is 1. The van der Waals surface area contributed by atoms with E-state index in [2.05, 4.69) is 10.3 Å². The topological polar surface area (TPSA) is 64.0 Å². The molecule has 7 heteroatoms. The van der Waals surface area contributed by atoms with E-state index in [1.807, 2.05) is 0 Å². The first kappa shape index (κ1) is 13.1. The van der Waals surface area contributed by atoms with Gasteiger partial charge in [0, 0.05) is 12.5 Å². The highest BCUT2D eigenvalue weighted by Crippen LogP contribution is 2.27. The lowest BCUT2D eigenvalue weighted by atomic mass is 10.1. The number of nitrogens with zero attached hydrogens (tertiary/aromatic N) is 2. The number of rotatable bonds is 2. The van der Waals surface area contributed by atoms with Gasteiger partial charge in [-0.05, 0) is 18.6 Å². The molecule has 0 saturated carbocycles. The van der Waals surface area contributed by atoms with E-state index in [1.165, 1.54) is 12.1 Å². The van der Waals surface area contributed by atoms with E-state index >= 15 is 0 Å². The summed E-state index contributed by atoms with van der Waals surface area (Å²) >= 11 is 5.86. The van der Waals surface area contributed by atoms with Crippen LogP contribution >= 0.6 is 11.6 Å². The average Bonchev–Trinajstić information content (AvgIpc) is 2.76. The van der Waals surface area contributed by atoms with E-state index in [-0.39, 0.29) is 24.1 Å². The van der Waals surface area contributed by atoms with Crippen molar-refractivity contribution in [2.75, 3.05) is 0 Å². The number of alkyl halides is 1. The van der Waals surface area contributed by atoms with Crippen molar-refractivity contribution in [3.05, 3.63) is 29.8 Å². The highest BCUT2D eigenvalue weighted by Gasteiger charge is 2.30. The van der Waals surface area contributed by atoms with Crippen molar-refractivity contribution in [3.8, 4) is 0 Å². The number of aromatic nitrogens is 2. The van der Waals surface area contributed by atoms with Gasteiger partial charge in [0.25, 0.3) is 0 Å². The Labute approximate surface area is 118 Å². The standard InChI is InChI=1S/C13H11ClFN3O2/c14-6-11-16-8-5-7(15)1-2-9(8)18(11)10-3-4-12(19)17-13(10)20/h1-2,5,10H,3-4,6H2,(H,17,19,20). The number of halogens is 2. The predicted octanol–water partition coefficient (Wildman–Crippen LogP) is 1.89. The molecule has 1 aliphatic heterocycles. The highest BCUT2D eigenvalue weighted by molar-refractivity contribution is 6.17. The van der Waals surface area contributed by atoms with Crippen molar-refractivity contribution < 1.29 is 14.0 Å². The first-order valence-electron chi connectivity index (χ1n) is 6.16. The molecule has 1 unspecified atom stereocenters. The highest BCUT2D eigenvalue weighted by atomic mass is 35.5. The van der Waals surface area contributed by atoms with Gasteiger partial charge < -0.3 is 4.57 Å². The van der Waals surface area contributed by atoms with Gasteiger partial charge >= 0.3 is 0 Å². The molecule has 1 aliphatic rings. The molecule has 1 aromatic heterocycles. The SMILES string of the molecule is O=C1CCC(n2c(CCl)nc3cc(F)ccc32)C(=O)N1. The molecule has 0 aliphatic carbocycles. The molecule has 1 N–H and O–H groups in total. The lowest BCUT2D eigenvalue weighted by Gasteiger charge is -2.24. The Morgan fingerprint density at radius 2 is 2.25 bits per heavy atom. The number of amides is 2. The van der Waals surface area contributed by atoms with E-state index in [0.717, 1.165) is 0 Å². The Morgan fingerprint density at radius 1 is 1.45 bits per heavy atom. The molecule has 5 nitrogen and oxygen atoms in total. The van der Waals surface area contributed by atoms with E-state index in [1.54, 1.807) is 10.6 Å². The number of hydrogen-bond donors (Lipinski definition) is 1. The van der Waals surface area contributed by atoms with Crippen molar-refractivity contribution in [1.29, 1.82) is 0 Å². The minimum absolute atomic E-state index is 0.105. The largest absolute Gasteiger partial charge is 0.314 e. The summed E-state index contributed by atoms with van der Waals surface area (Å²) < 4.78 is 14.9. The molecular weight excluding hydrogens is 285 g/mol. The lowest BCUT2D eigenvalue weighted by Crippen LogP contribution is -2.42. The molecule has 0 spiro atoms. The third-order valence-corrected chi connectivity index (χ3v) is 3.60. The number of nitrogens with one attached hydrogen (secondary N) is 1. The number of imidazole rings is 1. The van der Waals surface area contributed by atoms with Crippen molar-refractivity contribution in [2.45, 2.75) is 24.8 Å². The van der Waals surface area contributed by atoms with Gasteiger partial charge in [-0.3, -0.25) is 14.9 Å². The van der Waals surface area contributed by atoms with Crippen LogP contribution in [0, 0.1) is 5.82 Å². The fourth-order valence-corrected chi connectivity index (χ4v) is 2.68. The molecular formula is C13H11ClFN3O2. The fourth-order valence-electron chi connectivity index (χ4n) is 2.49. The molecule has 1 aromatic carbocycles. The molecule has 104 valence electrons. The van der Waals surface area contributed by atoms with E-state index in [9.17, 15) is 14.0 Å². The lowest BCUT2D eigenvalue weighted by molar-refractivity contribution is -0.135. The van der Waals surface area contributed by atoms with E-state index in [4.69, 9.17) is 11.6 Å². The normalized spacial score (nSPS) is 19.4. The van der Waals surface area contributed by atoms with Crippen LogP contribution in [0.1, 0.15) is 24.7 Å². The van der Waals surface area contributed by atoms with Crippen molar-refractivity contribution >= 4 is 34.4 Å². The zero-order chi connectivity index (χ0) is 14.3. The Balaban J connectivity index is 2.14. The molecule has 0 bridgehead atoms. The number of carbonyl (C=O) groups excluding carboxylic acids is 2. The van der Waals surface area contributed by atoms with Gasteiger partial charge in [-0.2, -0.15) is 0 Å². The second-order valence-electron chi connectivity index (χ2n) is 4.63. The molecule has 2 amide bonds. The average molecular weight is 296 g/mol. The minimum atomic E-state index is -0.545. The molecule has 1 fully saturated rings. The maximum Gasteiger partial charge on any atom is 0.249 e. The van der Waals surface area contributed by atoms with Crippen LogP contribution in [0.25, 0.3) is 11.0 Å². The van der Waals surface area contributed by atoms with E-state index < -0.39 is 11.9 Å². The summed E-state index contributed by atoms with van der Waals surface area (Å²) in [4.78, 5) is 27.4. The maximum atomic E-state index is 13.2. The van der Waals surface area contributed by atoms with Crippen LogP contribution in [0.2, 0.25) is 0 Å². The van der Waals surface area contributed by atoms with Gasteiger partial charge in [-0.25, -0.2) is 9.37 Å². The minimum Gasteiger partial charge on any atom is -0.314 e.